The summed E-state index contributed by atoms with van der Waals surface area (Å²) in [5.41, 5.74) is 0. The first-order valence-corrected chi connectivity index (χ1v) is 8.54. The van der Waals surface area contributed by atoms with Gasteiger partial charge in [0.2, 0.25) is 0 Å². The Bertz CT molecular complexity index is 378. The van der Waals surface area contributed by atoms with Gasteiger partial charge in [-0.15, -0.1) is 0 Å². The van der Waals surface area contributed by atoms with Crippen LogP contribution in [0.25, 0.3) is 0 Å². The minimum atomic E-state index is 0.169. The van der Waals surface area contributed by atoms with Crippen molar-refractivity contribution in [2.45, 2.75) is 38.3 Å². The Labute approximate surface area is 128 Å². The van der Waals surface area contributed by atoms with Crippen molar-refractivity contribution < 1.29 is 4.79 Å². The maximum atomic E-state index is 12.0. The second-order valence-corrected chi connectivity index (χ2v) is 7.15. The topological polar surface area (TPSA) is 38.8 Å². The summed E-state index contributed by atoms with van der Waals surface area (Å²) in [4.78, 5) is 18.5. The van der Waals surface area contributed by atoms with Crippen LogP contribution < -0.4 is 5.32 Å². The van der Waals surface area contributed by atoms with Crippen LogP contribution >= 0.6 is 0 Å². The third-order valence-electron chi connectivity index (χ3n) is 5.76. The summed E-state index contributed by atoms with van der Waals surface area (Å²) < 4.78 is 0. The highest BCUT2D eigenvalue weighted by Crippen LogP contribution is 2.37. The average molecular weight is 294 g/mol. The lowest BCUT2D eigenvalue weighted by atomic mass is 9.92. The molecule has 0 aromatic heterocycles. The second kappa shape index (κ2) is 6.13. The van der Waals surface area contributed by atoms with Gasteiger partial charge < -0.3 is 15.1 Å². The number of fused-ring (bicyclic) bond motifs is 1. The fourth-order valence-electron chi connectivity index (χ4n) is 4.68. The van der Waals surface area contributed by atoms with E-state index < -0.39 is 0 Å². The molecule has 2 amide bonds. The molecule has 3 unspecified atom stereocenters. The molecule has 3 aliphatic heterocycles. The molecule has 0 spiro atoms. The van der Waals surface area contributed by atoms with E-state index in [4.69, 9.17) is 0 Å². The van der Waals surface area contributed by atoms with Gasteiger partial charge in [-0.1, -0.05) is 6.92 Å². The van der Waals surface area contributed by atoms with Crippen LogP contribution in [0.1, 0.15) is 26.2 Å². The van der Waals surface area contributed by atoms with E-state index in [2.05, 4.69) is 17.1 Å². The van der Waals surface area contributed by atoms with Crippen molar-refractivity contribution in [3.05, 3.63) is 0 Å². The molecule has 120 valence electrons. The van der Waals surface area contributed by atoms with Gasteiger partial charge in [0.1, 0.15) is 0 Å². The molecule has 0 radical (unpaired) electrons. The lowest BCUT2D eigenvalue weighted by Gasteiger charge is -2.40. The SMILES string of the molecule is CCC1C2CNCC2CN1C1CCN(C(=O)N(C)C)CC1. The molecule has 3 rings (SSSR count). The van der Waals surface area contributed by atoms with Crippen molar-refractivity contribution in [2.75, 3.05) is 46.8 Å². The van der Waals surface area contributed by atoms with E-state index in [1.807, 2.05) is 19.0 Å². The lowest BCUT2D eigenvalue weighted by Crippen LogP contribution is -2.51. The first-order valence-electron chi connectivity index (χ1n) is 8.54. The van der Waals surface area contributed by atoms with E-state index in [1.54, 1.807) is 4.90 Å². The van der Waals surface area contributed by atoms with Gasteiger partial charge in [0.15, 0.2) is 0 Å². The monoisotopic (exact) mass is 294 g/mol. The molecule has 0 bridgehead atoms. The molecule has 3 atom stereocenters. The van der Waals surface area contributed by atoms with Crippen molar-refractivity contribution in [2.24, 2.45) is 11.8 Å². The van der Waals surface area contributed by atoms with E-state index in [9.17, 15) is 4.79 Å². The predicted molar refractivity (Wildman–Crippen MR) is 84.3 cm³/mol. The standard InChI is InChI=1S/C16H30N4O/c1-4-15-14-10-17-9-12(14)11-20(15)13-5-7-19(8-6-13)16(21)18(2)3/h12-15,17H,4-11H2,1-3H3. The Kier molecular flexibility index (Phi) is 4.41. The van der Waals surface area contributed by atoms with Gasteiger partial charge >= 0.3 is 6.03 Å². The van der Waals surface area contributed by atoms with Gasteiger partial charge in [-0.3, -0.25) is 4.90 Å². The van der Waals surface area contributed by atoms with Gasteiger partial charge in [-0.2, -0.15) is 0 Å². The van der Waals surface area contributed by atoms with Crippen molar-refractivity contribution in [3.63, 3.8) is 0 Å². The number of urea groups is 1. The third kappa shape index (κ3) is 2.78. The number of nitrogens with one attached hydrogen (secondary N) is 1. The highest BCUT2D eigenvalue weighted by molar-refractivity contribution is 5.73. The largest absolute Gasteiger partial charge is 0.331 e. The lowest BCUT2D eigenvalue weighted by molar-refractivity contribution is 0.0895. The molecule has 0 aromatic carbocycles. The molecule has 0 saturated carbocycles. The summed E-state index contributed by atoms with van der Waals surface area (Å²) in [5, 5.41) is 3.56. The third-order valence-corrected chi connectivity index (χ3v) is 5.76. The van der Waals surface area contributed by atoms with Crippen LogP contribution in [0.2, 0.25) is 0 Å². The number of rotatable bonds is 2. The maximum Gasteiger partial charge on any atom is 0.319 e. The molecule has 0 aromatic rings. The molecule has 5 heteroatoms. The molecule has 1 N–H and O–H groups in total. The number of carbonyl (C=O) groups excluding carboxylic acids is 1. The molecule has 3 saturated heterocycles. The number of amides is 2. The van der Waals surface area contributed by atoms with Crippen molar-refractivity contribution in [1.82, 2.24) is 20.0 Å². The van der Waals surface area contributed by atoms with E-state index in [1.165, 1.54) is 26.1 Å². The van der Waals surface area contributed by atoms with Crippen molar-refractivity contribution in [3.8, 4) is 0 Å². The number of nitrogens with zero attached hydrogens (tertiary/aromatic N) is 3. The normalized spacial score (nSPS) is 34.2. The van der Waals surface area contributed by atoms with Gasteiger partial charge in [0.05, 0.1) is 0 Å². The Morgan fingerprint density at radius 1 is 1.24 bits per heavy atom. The minimum absolute atomic E-state index is 0.169. The van der Waals surface area contributed by atoms with E-state index in [0.717, 1.165) is 43.8 Å². The van der Waals surface area contributed by atoms with Gasteiger partial charge in [-0.25, -0.2) is 4.79 Å². The smallest absolute Gasteiger partial charge is 0.319 e. The highest BCUT2D eigenvalue weighted by atomic mass is 16.2. The molecule has 3 heterocycles. The van der Waals surface area contributed by atoms with Crippen molar-refractivity contribution >= 4 is 6.03 Å². The van der Waals surface area contributed by atoms with Crippen LogP contribution in [-0.4, -0.2) is 79.6 Å². The Balaban J connectivity index is 1.58. The summed E-state index contributed by atoms with van der Waals surface area (Å²) in [6.45, 7) is 7.85. The molecule has 3 aliphatic rings. The number of piperidine rings is 1. The van der Waals surface area contributed by atoms with Gasteiger partial charge in [-0.05, 0) is 44.2 Å². The zero-order valence-electron chi connectivity index (χ0n) is 13.7. The van der Waals surface area contributed by atoms with Crippen LogP contribution in [0.5, 0.6) is 0 Å². The van der Waals surface area contributed by atoms with Crippen molar-refractivity contribution in [1.29, 1.82) is 0 Å². The molecular formula is C16H30N4O. The summed E-state index contributed by atoms with van der Waals surface area (Å²) in [6.07, 6.45) is 3.55. The van der Waals surface area contributed by atoms with Crippen LogP contribution in [-0.2, 0) is 0 Å². The number of hydrogen-bond donors (Lipinski definition) is 1. The zero-order valence-corrected chi connectivity index (χ0v) is 13.7. The number of likely N-dealkylation sites (tertiary alicyclic amines) is 2. The molecule has 3 fully saturated rings. The molecular weight excluding hydrogens is 264 g/mol. The first kappa shape index (κ1) is 15.1. The summed E-state index contributed by atoms with van der Waals surface area (Å²) in [7, 11) is 3.69. The Morgan fingerprint density at radius 2 is 1.95 bits per heavy atom. The number of carbonyl (C=O) groups is 1. The minimum Gasteiger partial charge on any atom is -0.331 e. The average Bonchev–Trinajstić information content (AvgIpc) is 3.06. The summed E-state index contributed by atoms with van der Waals surface area (Å²) in [5.74, 6) is 1.72. The van der Waals surface area contributed by atoms with E-state index in [0.29, 0.717) is 6.04 Å². The first-order chi connectivity index (χ1) is 10.1. The maximum absolute atomic E-state index is 12.0. The van der Waals surface area contributed by atoms with Crippen LogP contribution in [0.15, 0.2) is 0 Å². The molecule has 21 heavy (non-hydrogen) atoms. The van der Waals surface area contributed by atoms with Gasteiger partial charge in [0, 0.05) is 45.8 Å². The zero-order chi connectivity index (χ0) is 15.0. The van der Waals surface area contributed by atoms with E-state index >= 15 is 0 Å². The second-order valence-electron chi connectivity index (χ2n) is 7.15. The fourth-order valence-corrected chi connectivity index (χ4v) is 4.68. The number of hydrogen-bond acceptors (Lipinski definition) is 3. The molecule has 5 nitrogen and oxygen atoms in total. The van der Waals surface area contributed by atoms with Crippen LogP contribution in [0, 0.1) is 11.8 Å². The molecule has 0 aliphatic carbocycles. The summed E-state index contributed by atoms with van der Waals surface area (Å²) in [6, 6.07) is 1.61. The Hall–Kier alpha value is -0.810. The fraction of sp³-hybridized carbons (Fsp3) is 0.938. The van der Waals surface area contributed by atoms with Crippen LogP contribution in [0.4, 0.5) is 4.79 Å². The van der Waals surface area contributed by atoms with Gasteiger partial charge in [0.25, 0.3) is 0 Å². The Morgan fingerprint density at radius 3 is 2.57 bits per heavy atom. The predicted octanol–water partition coefficient (Wildman–Crippen LogP) is 1.06. The highest BCUT2D eigenvalue weighted by Gasteiger charge is 2.45. The summed E-state index contributed by atoms with van der Waals surface area (Å²) >= 11 is 0. The quantitative estimate of drug-likeness (QED) is 0.828. The van der Waals surface area contributed by atoms with Crippen LogP contribution in [0.3, 0.4) is 0 Å². The van der Waals surface area contributed by atoms with E-state index in [-0.39, 0.29) is 6.03 Å².